The Kier molecular flexibility index (Phi) is 13.1. The molecule has 9 heteroatoms. The third kappa shape index (κ3) is 9.86. The number of rotatable bonds is 9. The summed E-state index contributed by atoms with van der Waals surface area (Å²) in [5.41, 5.74) is 1.78. The van der Waals surface area contributed by atoms with Gasteiger partial charge in [0, 0.05) is 51.9 Å². The number of piperidine rings is 1. The summed E-state index contributed by atoms with van der Waals surface area (Å²) in [6.07, 6.45) is 3.73. The van der Waals surface area contributed by atoms with Crippen LogP contribution in [0.5, 0.6) is 0 Å². The highest BCUT2D eigenvalue weighted by Crippen LogP contribution is 2.10. The molecule has 1 aliphatic heterocycles. The van der Waals surface area contributed by atoms with Crippen molar-refractivity contribution in [3.05, 3.63) is 35.4 Å². The minimum absolute atomic E-state index is 0. The number of amides is 2. The van der Waals surface area contributed by atoms with Gasteiger partial charge < -0.3 is 21.3 Å². The molecule has 0 saturated carbocycles. The third-order valence-electron chi connectivity index (χ3n) is 5.21. The van der Waals surface area contributed by atoms with Crippen LogP contribution >= 0.6 is 24.0 Å². The first kappa shape index (κ1) is 27.2. The zero-order valence-corrected chi connectivity index (χ0v) is 21.2. The van der Waals surface area contributed by atoms with E-state index in [2.05, 4.69) is 38.1 Å². The number of likely N-dealkylation sites (tertiary alicyclic amines) is 1. The highest BCUT2D eigenvalue weighted by molar-refractivity contribution is 14.0. The average molecular weight is 544 g/mol. The van der Waals surface area contributed by atoms with Crippen molar-refractivity contribution in [3.8, 4) is 0 Å². The lowest BCUT2D eigenvalue weighted by molar-refractivity contribution is -0.122. The van der Waals surface area contributed by atoms with Crippen molar-refractivity contribution in [2.24, 2.45) is 4.99 Å². The van der Waals surface area contributed by atoms with Gasteiger partial charge in [-0.25, -0.2) is 0 Å². The summed E-state index contributed by atoms with van der Waals surface area (Å²) < 4.78 is 0. The van der Waals surface area contributed by atoms with Gasteiger partial charge in [0.15, 0.2) is 5.96 Å². The summed E-state index contributed by atoms with van der Waals surface area (Å²) in [4.78, 5) is 30.2. The second kappa shape index (κ2) is 15.0. The number of carbonyl (C=O) groups excluding carboxylic acids is 2. The quantitative estimate of drug-likeness (QED) is 0.214. The van der Waals surface area contributed by atoms with Crippen LogP contribution < -0.4 is 21.3 Å². The molecule has 0 spiro atoms. The molecule has 0 radical (unpaired) electrons. The summed E-state index contributed by atoms with van der Waals surface area (Å²) in [6.45, 7) is 5.82. The zero-order chi connectivity index (χ0) is 21.8. The Morgan fingerprint density at radius 2 is 1.90 bits per heavy atom. The molecule has 8 nitrogen and oxygen atoms in total. The molecule has 174 valence electrons. The fourth-order valence-corrected chi connectivity index (χ4v) is 3.48. The van der Waals surface area contributed by atoms with E-state index in [9.17, 15) is 9.59 Å². The molecule has 1 aromatic carbocycles. The lowest BCUT2D eigenvalue weighted by atomic mass is 10.1. The van der Waals surface area contributed by atoms with Crippen LogP contribution in [0.25, 0.3) is 0 Å². The molecule has 1 aromatic rings. The standard InChI is InChI=1S/C22H36N6O2.HI/c1-4-11-25-20(29)16-28-13-9-19(10-14-28)27-22(24-3)26-12-8-17-6-5-7-18(15-17)21(30)23-2;/h5-7,15,19H,4,8-14,16H2,1-3H3,(H,23,30)(H,25,29)(H2,24,26,27);1H. The van der Waals surface area contributed by atoms with Crippen LogP contribution in [0.2, 0.25) is 0 Å². The summed E-state index contributed by atoms with van der Waals surface area (Å²) >= 11 is 0. The predicted octanol–water partition coefficient (Wildman–Crippen LogP) is 1.36. The van der Waals surface area contributed by atoms with E-state index in [-0.39, 0.29) is 35.8 Å². The lowest BCUT2D eigenvalue weighted by Crippen LogP contribution is -2.50. The molecule has 0 unspecified atom stereocenters. The predicted molar refractivity (Wildman–Crippen MR) is 136 cm³/mol. The number of aliphatic imine (C=N–C) groups is 1. The molecule has 0 atom stereocenters. The molecule has 31 heavy (non-hydrogen) atoms. The molecule has 1 aliphatic rings. The van der Waals surface area contributed by atoms with Gasteiger partial charge in [0.25, 0.3) is 5.91 Å². The van der Waals surface area contributed by atoms with Crippen molar-refractivity contribution in [1.29, 1.82) is 0 Å². The van der Waals surface area contributed by atoms with E-state index in [1.807, 2.05) is 24.3 Å². The Labute approximate surface area is 203 Å². The number of nitrogens with one attached hydrogen (secondary N) is 4. The zero-order valence-electron chi connectivity index (χ0n) is 18.9. The van der Waals surface area contributed by atoms with Gasteiger partial charge in [0.05, 0.1) is 6.54 Å². The Balaban J connectivity index is 0.00000480. The van der Waals surface area contributed by atoms with Gasteiger partial charge in [-0.05, 0) is 43.4 Å². The van der Waals surface area contributed by atoms with Crippen LogP contribution in [-0.4, -0.2) is 75.5 Å². The lowest BCUT2D eigenvalue weighted by Gasteiger charge is -2.32. The molecule has 2 amide bonds. The first-order chi connectivity index (χ1) is 14.5. The molecule has 0 aliphatic carbocycles. The number of carbonyl (C=O) groups is 2. The third-order valence-corrected chi connectivity index (χ3v) is 5.21. The Morgan fingerprint density at radius 1 is 1.16 bits per heavy atom. The van der Waals surface area contributed by atoms with E-state index in [1.165, 1.54) is 0 Å². The maximum atomic E-state index is 11.9. The first-order valence-electron chi connectivity index (χ1n) is 10.8. The van der Waals surface area contributed by atoms with Gasteiger partial charge in [0.1, 0.15) is 0 Å². The maximum absolute atomic E-state index is 11.9. The molecule has 2 rings (SSSR count). The van der Waals surface area contributed by atoms with Crippen molar-refractivity contribution in [1.82, 2.24) is 26.2 Å². The minimum Gasteiger partial charge on any atom is -0.356 e. The van der Waals surface area contributed by atoms with Crippen LogP contribution in [0.4, 0.5) is 0 Å². The topological polar surface area (TPSA) is 97.9 Å². The molecular weight excluding hydrogens is 507 g/mol. The average Bonchev–Trinajstić information content (AvgIpc) is 2.77. The number of benzene rings is 1. The van der Waals surface area contributed by atoms with Gasteiger partial charge in [-0.15, -0.1) is 24.0 Å². The van der Waals surface area contributed by atoms with Gasteiger partial charge >= 0.3 is 0 Å². The fraction of sp³-hybridized carbons (Fsp3) is 0.591. The number of halogens is 1. The van der Waals surface area contributed by atoms with Crippen LogP contribution in [0.15, 0.2) is 29.3 Å². The highest BCUT2D eigenvalue weighted by Gasteiger charge is 2.21. The van der Waals surface area contributed by atoms with E-state index in [0.29, 0.717) is 18.2 Å². The Morgan fingerprint density at radius 3 is 2.55 bits per heavy atom. The molecular formula is C22H37IN6O2. The second-order valence-electron chi connectivity index (χ2n) is 7.57. The SMILES string of the molecule is CCCNC(=O)CN1CCC(NC(=NC)NCCc2cccc(C(=O)NC)c2)CC1.I. The highest BCUT2D eigenvalue weighted by atomic mass is 127. The minimum atomic E-state index is -0.0727. The molecule has 1 heterocycles. The number of nitrogens with zero attached hydrogens (tertiary/aromatic N) is 2. The smallest absolute Gasteiger partial charge is 0.251 e. The van der Waals surface area contributed by atoms with Crippen molar-refractivity contribution in [3.63, 3.8) is 0 Å². The number of guanidine groups is 1. The van der Waals surface area contributed by atoms with Crippen LogP contribution in [0.3, 0.4) is 0 Å². The molecule has 0 bridgehead atoms. The summed E-state index contributed by atoms with van der Waals surface area (Å²) in [6, 6.07) is 8.02. The van der Waals surface area contributed by atoms with Crippen LogP contribution in [0.1, 0.15) is 42.1 Å². The monoisotopic (exact) mass is 544 g/mol. The van der Waals surface area contributed by atoms with E-state index in [1.54, 1.807) is 14.1 Å². The summed E-state index contributed by atoms with van der Waals surface area (Å²) in [7, 11) is 3.41. The molecule has 4 N–H and O–H groups in total. The normalized spacial score (nSPS) is 15.0. The number of hydrogen-bond acceptors (Lipinski definition) is 4. The van der Waals surface area contributed by atoms with Crippen molar-refractivity contribution in [2.45, 2.75) is 38.6 Å². The van der Waals surface area contributed by atoms with Crippen LogP contribution in [0, 0.1) is 0 Å². The van der Waals surface area contributed by atoms with E-state index in [0.717, 1.165) is 63.4 Å². The van der Waals surface area contributed by atoms with Crippen molar-refractivity contribution < 1.29 is 9.59 Å². The molecule has 0 aromatic heterocycles. The maximum Gasteiger partial charge on any atom is 0.251 e. The van der Waals surface area contributed by atoms with Gasteiger partial charge in [-0.2, -0.15) is 0 Å². The van der Waals surface area contributed by atoms with Gasteiger partial charge in [-0.1, -0.05) is 19.1 Å². The van der Waals surface area contributed by atoms with Gasteiger partial charge in [-0.3, -0.25) is 19.5 Å². The molecule has 1 fully saturated rings. The van der Waals surface area contributed by atoms with E-state index >= 15 is 0 Å². The number of hydrogen-bond donors (Lipinski definition) is 4. The Hall–Kier alpha value is -1.88. The van der Waals surface area contributed by atoms with E-state index < -0.39 is 0 Å². The Bertz CT molecular complexity index is 720. The van der Waals surface area contributed by atoms with Crippen LogP contribution in [-0.2, 0) is 11.2 Å². The van der Waals surface area contributed by atoms with Crippen molar-refractivity contribution >= 4 is 41.8 Å². The summed E-state index contributed by atoms with van der Waals surface area (Å²) in [5, 5.41) is 12.4. The van der Waals surface area contributed by atoms with E-state index in [4.69, 9.17) is 0 Å². The summed E-state index contributed by atoms with van der Waals surface area (Å²) in [5.74, 6) is 0.828. The first-order valence-corrected chi connectivity index (χ1v) is 10.8. The largest absolute Gasteiger partial charge is 0.356 e. The molecule has 1 saturated heterocycles. The fourth-order valence-electron chi connectivity index (χ4n) is 3.48. The van der Waals surface area contributed by atoms with Crippen molar-refractivity contribution in [2.75, 3.05) is 46.8 Å². The second-order valence-corrected chi connectivity index (χ2v) is 7.57. The van der Waals surface area contributed by atoms with Gasteiger partial charge in [0.2, 0.25) is 5.91 Å².